The molecule has 0 unspecified atom stereocenters. The molecule has 0 bridgehead atoms. The first-order valence-electron chi connectivity index (χ1n) is 20.2. The van der Waals surface area contributed by atoms with Gasteiger partial charge in [0, 0.05) is 12.1 Å². The van der Waals surface area contributed by atoms with Crippen molar-refractivity contribution in [3.05, 3.63) is 251 Å². The fourth-order valence-corrected chi connectivity index (χ4v) is 6.64. The van der Waals surface area contributed by atoms with Gasteiger partial charge in [0.2, 0.25) is 0 Å². The summed E-state index contributed by atoms with van der Waals surface area (Å²) < 4.78 is 24.9. The fraction of sp³-hybridized carbons (Fsp3) is 0.0714. The average Bonchev–Trinajstić information content (AvgIpc) is 3.32. The van der Waals surface area contributed by atoms with Crippen molar-refractivity contribution >= 4 is 24.3 Å². The zero-order valence-corrected chi connectivity index (χ0v) is 33.4. The Morgan fingerprint density at radius 2 is 0.500 bits per heavy atom. The minimum Gasteiger partial charge on any atom is -0.489 e. The molecule has 0 heterocycles. The lowest BCUT2D eigenvalue weighted by Crippen LogP contribution is -1.98. The second kappa shape index (κ2) is 20.2. The fourth-order valence-electron chi connectivity index (χ4n) is 6.64. The van der Waals surface area contributed by atoms with E-state index in [-0.39, 0.29) is 0 Å². The maximum absolute atomic E-state index is 6.22. The highest BCUT2D eigenvalue weighted by molar-refractivity contribution is 5.75. The van der Waals surface area contributed by atoms with Gasteiger partial charge < -0.3 is 18.9 Å². The Kier molecular flexibility index (Phi) is 13.2. The van der Waals surface area contributed by atoms with Gasteiger partial charge in [-0.2, -0.15) is 0 Å². The smallest absolute Gasteiger partial charge is 0.124 e. The Bertz CT molecular complexity index is 2290. The van der Waals surface area contributed by atoms with E-state index in [1.54, 1.807) is 0 Å². The van der Waals surface area contributed by atoms with Crippen molar-refractivity contribution in [1.82, 2.24) is 0 Å². The highest BCUT2D eigenvalue weighted by Gasteiger charge is 2.07. The molecular weight excluding hydrogens is 737 g/mol. The molecule has 0 N–H and O–H groups in total. The van der Waals surface area contributed by atoms with E-state index in [0.717, 1.165) is 78.6 Å². The second-order valence-corrected chi connectivity index (χ2v) is 14.5. The van der Waals surface area contributed by atoms with Crippen LogP contribution in [-0.4, -0.2) is 0 Å². The van der Waals surface area contributed by atoms with Crippen LogP contribution in [0.4, 0.5) is 0 Å². The summed E-state index contributed by atoms with van der Waals surface area (Å²) in [5, 5.41) is 0. The maximum atomic E-state index is 6.22. The molecule has 8 aromatic carbocycles. The summed E-state index contributed by atoms with van der Waals surface area (Å²) in [5.74, 6) is 3.04. The van der Waals surface area contributed by atoms with E-state index in [1.807, 2.05) is 84.9 Å². The quantitative estimate of drug-likeness (QED) is 0.0862. The summed E-state index contributed by atoms with van der Waals surface area (Å²) in [5.41, 5.74) is 11.0. The SMILES string of the molecule is C(=C/c1cc(OCc2ccccc2)cc(OCc2ccccc2)c1)/c1ccc(-c2ccc(/C=C/c3cc(OCc4ccccc4)cc(OCc4ccccc4)c3)cc2)cc1. The van der Waals surface area contributed by atoms with Crippen molar-refractivity contribution in [1.29, 1.82) is 0 Å². The monoisotopic (exact) mass is 782 g/mol. The van der Waals surface area contributed by atoms with E-state index in [4.69, 9.17) is 18.9 Å². The molecule has 0 fully saturated rings. The number of rotatable bonds is 17. The normalized spacial score (nSPS) is 11.1. The largest absolute Gasteiger partial charge is 0.489 e. The third-order valence-corrected chi connectivity index (χ3v) is 9.89. The molecule has 0 radical (unpaired) electrons. The predicted molar refractivity (Wildman–Crippen MR) is 246 cm³/mol. The van der Waals surface area contributed by atoms with Gasteiger partial charge >= 0.3 is 0 Å². The van der Waals surface area contributed by atoms with Crippen molar-refractivity contribution in [2.24, 2.45) is 0 Å². The summed E-state index contributed by atoms with van der Waals surface area (Å²) in [6.45, 7) is 1.93. The van der Waals surface area contributed by atoms with E-state index in [0.29, 0.717) is 26.4 Å². The molecule has 294 valence electrons. The molecule has 0 atom stereocenters. The van der Waals surface area contributed by atoms with Crippen LogP contribution >= 0.6 is 0 Å². The van der Waals surface area contributed by atoms with Gasteiger partial charge in [-0.05, 0) is 79.9 Å². The Morgan fingerprint density at radius 1 is 0.250 bits per heavy atom. The molecule has 0 amide bonds. The first-order chi connectivity index (χ1) is 29.7. The van der Waals surface area contributed by atoms with Gasteiger partial charge in [-0.15, -0.1) is 0 Å². The molecule has 0 aliphatic rings. The van der Waals surface area contributed by atoms with E-state index in [2.05, 4.69) is 146 Å². The first kappa shape index (κ1) is 39.3. The predicted octanol–water partition coefficient (Wildman–Crippen LogP) is 14.0. The van der Waals surface area contributed by atoms with Crippen LogP contribution in [0, 0.1) is 0 Å². The van der Waals surface area contributed by atoms with Crippen LogP contribution < -0.4 is 18.9 Å². The summed E-state index contributed by atoms with van der Waals surface area (Å²) in [4.78, 5) is 0. The number of hydrogen-bond acceptors (Lipinski definition) is 4. The molecule has 4 nitrogen and oxygen atoms in total. The molecule has 4 heteroatoms. The highest BCUT2D eigenvalue weighted by Crippen LogP contribution is 2.29. The molecule has 0 saturated heterocycles. The van der Waals surface area contributed by atoms with Gasteiger partial charge in [-0.1, -0.05) is 194 Å². The summed E-state index contributed by atoms with van der Waals surface area (Å²) in [6, 6.07) is 70.1. The van der Waals surface area contributed by atoms with Crippen LogP contribution in [0.15, 0.2) is 206 Å². The molecule has 8 aromatic rings. The lowest BCUT2D eigenvalue weighted by molar-refractivity contribution is 0.289. The van der Waals surface area contributed by atoms with Crippen LogP contribution in [0.1, 0.15) is 44.5 Å². The highest BCUT2D eigenvalue weighted by atomic mass is 16.5. The zero-order chi connectivity index (χ0) is 40.6. The third kappa shape index (κ3) is 11.7. The number of benzene rings is 8. The maximum Gasteiger partial charge on any atom is 0.124 e. The summed E-state index contributed by atoms with van der Waals surface area (Å²) in [6.07, 6.45) is 8.44. The molecule has 0 aliphatic carbocycles. The molecular formula is C56H46O4. The van der Waals surface area contributed by atoms with Gasteiger partial charge in [-0.25, -0.2) is 0 Å². The minimum atomic E-state index is 0.482. The van der Waals surface area contributed by atoms with E-state index < -0.39 is 0 Å². The standard InChI is InChI=1S/C56H46O4/c1-5-13-45(14-6-1)39-57-53-33-49(34-54(37-53)58-40-46-15-7-2-8-16-46)23-21-43-25-29-51(30-26-43)52-31-27-44(28-32-52)22-24-50-35-55(59-41-47-17-9-3-10-18-47)38-56(36-50)60-42-48-19-11-4-12-20-48/h1-38H,39-42H2/b23-21-,24-22+. The lowest BCUT2D eigenvalue weighted by atomic mass is 10.0. The van der Waals surface area contributed by atoms with E-state index in [1.165, 1.54) is 0 Å². The summed E-state index contributed by atoms with van der Waals surface area (Å²) >= 11 is 0. The molecule has 0 aromatic heterocycles. The molecule has 8 rings (SSSR count). The van der Waals surface area contributed by atoms with Crippen molar-refractivity contribution in [2.45, 2.75) is 26.4 Å². The molecule has 60 heavy (non-hydrogen) atoms. The van der Waals surface area contributed by atoms with Crippen molar-refractivity contribution < 1.29 is 18.9 Å². The molecule has 0 spiro atoms. The topological polar surface area (TPSA) is 36.9 Å². The van der Waals surface area contributed by atoms with Crippen LogP contribution in [0.3, 0.4) is 0 Å². The Balaban J connectivity index is 0.926. The van der Waals surface area contributed by atoms with Crippen molar-refractivity contribution in [3.8, 4) is 34.1 Å². The van der Waals surface area contributed by atoms with Crippen LogP contribution in [0.25, 0.3) is 35.4 Å². The van der Waals surface area contributed by atoms with Crippen LogP contribution in [0.2, 0.25) is 0 Å². The lowest BCUT2D eigenvalue weighted by Gasteiger charge is -2.12. The van der Waals surface area contributed by atoms with Crippen LogP contribution in [0.5, 0.6) is 23.0 Å². The van der Waals surface area contributed by atoms with Gasteiger partial charge in [0.05, 0.1) is 0 Å². The molecule has 0 aliphatic heterocycles. The van der Waals surface area contributed by atoms with Crippen molar-refractivity contribution in [2.75, 3.05) is 0 Å². The number of hydrogen-bond donors (Lipinski definition) is 0. The van der Waals surface area contributed by atoms with E-state index in [9.17, 15) is 0 Å². The Hall–Kier alpha value is -7.56. The third-order valence-electron chi connectivity index (χ3n) is 9.89. The van der Waals surface area contributed by atoms with Gasteiger partial charge in [0.1, 0.15) is 49.4 Å². The van der Waals surface area contributed by atoms with Gasteiger partial charge in [0.25, 0.3) is 0 Å². The zero-order valence-electron chi connectivity index (χ0n) is 33.4. The van der Waals surface area contributed by atoms with Gasteiger partial charge in [0.15, 0.2) is 0 Å². The van der Waals surface area contributed by atoms with Gasteiger partial charge in [-0.3, -0.25) is 0 Å². The second-order valence-electron chi connectivity index (χ2n) is 14.5. The average molecular weight is 783 g/mol. The first-order valence-corrected chi connectivity index (χ1v) is 20.2. The van der Waals surface area contributed by atoms with E-state index >= 15 is 0 Å². The number of ether oxygens (including phenoxy) is 4. The Morgan fingerprint density at radius 3 is 0.767 bits per heavy atom. The van der Waals surface area contributed by atoms with Crippen molar-refractivity contribution in [3.63, 3.8) is 0 Å². The van der Waals surface area contributed by atoms with Crippen LogP contribution in [-0.2, 0) is 26.4 Å². The molecule has 0 saturated carbocycles. The summed E-state index contributed by atoms with van der Waals surface area (Å²) in [7, 11) is 0. The Labute approximate surface area is 353 Å². The minimum absolute atomic E-state index is 0.482.